The predicted molar refractivity (Wildman–Crippen MR) is 76.8 cm³/mol. The van der Waals surface area contributed by atoms with Gasteiger partial charge in [0.2, 0.25) is 5.91 Å². The van der Waals surface area contributed by atoms with Gasteiger partial charge in [-0.1, -0.05) is 6.07 Å². The minimum atomic E-state index is -3.58. The Morgan fingerprint density at radius 2 is 2.25 bits per heavy atom. The number of aromatic nitrogens is 1. The van der Waals surface area contributed by atoms with Gasteiger partial charge in [-0.2, -0.15) is 4.31 Å². The molecule has 0 spiro atoms. The Labute approximate surface area is 121 Å². The third kappa shape index (κ3) is 3.47. The second-order valence-electron chi connectivity index (χ2n) is 4.19. The Bertz CT molecular complexity index is 648. The summed E-state index contributed by atoms with van der Waals surface area (Å²) in [7, 11) is -2.18. The Morgan fingerprint density at radius 1 is 1.45 bits per heavy atom. The molecule has 2 heterocycles. The van der Waals surface area contributed by atoms with E-state index in [2.05, 4.69) is 10.3 Å². The molecule has 0 aliphatic heterocycles. The van der Waals surface area contributed by atoms with Crippen molar-refractivity contribution in [2.75, 3.05) is 13.6 Å². The summed E-state index contributed by atoms with van der Waals surface area (Å²) in [6.07, 6.45) is 3.53. The first-order valence-electron chi connectivity index (χ1n) is 5.88. The van der Waals surface area contributed by atoms with Gasteiger partial charge in [-0.15, -0.1) is 11.3 Å². The number of rotatable bonds is 6. The molecule has 0 fully saturated rings. The number of carbonyl (C=O) groups excluding carboxylic acids is 1. The number of thiophene rings is 1. The summed E-state index contributed by atoms with van der Waals surface area (Å²) in [5, 5.41) is 4.36. The zero-order valence-corrected chi connectivity index (χ0v) is 12.5. The topological polar surface area (TPSA) is 82.3 Å². The number of hydrogen-bond donors (Lipinski definition) is 2. The van der Waals surface area contributed by atoms with Crippen LogP contribution in [-0.4, -0.2) is 37.2 Å². The van der Waals surface area contributed by atoms with Crippen LogP contribution in [0.25, 0.3) is 0 Å². The van der Waals surface area contributed by atoms with E-state index in [1.54, 1.807) is 23.8 Å². The van der Waals surface area contributed by atoms with E-state index < -0.39 is 10.0 Å². The first-order valence-corrected chi connectivity index (χ1v) is 8.20. The van der Waals surface area contributed by atoms with Crippen molar-refractivity contribution in [2.24, 2.45) is 0 Å². The largest absolute Gasteiger partial charge is 0.367 e. The lowest BCUT2D eigenvalue weighted by Gasteiger charge is -2.15. The average Bonchev–Trinajstić information content (AvgIpc) is 3.09. The Balaban J connectivity index is 1.91. The number of H-pyrrole nitrogens is 1. The number of hydrogen-bond acceptors (Lipinski definition) is 4. The number of carbonyl (C=O) groups is 1. The molecule has 1 amide bonds. The Morgan fingerprint density at radius 3 is 2.85 bits per heavy atom. The molecule has 0 aromatic carbocycles. The first kappa shape index (κ1) is 14.8. The van der Waals surface area contributed by atoms with Crippen LogP contribution < -0.4 is 5.32 Å². The summed E-state index contributed by atoms with van der Waals surface area (Å²) in [4.78, 5) is 14.6. The monoisotopic (exact) mass is 313 g/mol. The number of nitrogens with zero attached hydrogens (tertiary/aromatic N) is 1. The maximum atomic E-state index is 12.1. The van der Waals surface area contributed by atoms with E-state index in [0.29, 0.717) is 6.54 Å². The molecule has 0 aliphatic carbocycles. The molecule has 0 radical (unpaired) electrons. The van der Waals surface area contributed by atoms with Crippen LogP contribution in [0.15, 0.2) is 40.2 Å². The van der Waals surface area contributed by atoms with Crippen molar-refractivity contribution >= 4 is 27.3 Å². The van der Waals surface area contributed by atoms with Crippen molar-refractivity contribution in [1.29, 1.82) is 0 Å². The van der Waals surface area contributed by atoms with E-state index in [1.165, 1.54) is 13.1 Å². The molecule has 108 valence electrons. The van der Waals surface area contributed by atoms with Crippen LogP contribution in [-0.2, 0) is 21.4 Å². The summed E-state index contributed by atoms with van der Waals surface area (Å²) < 4.78 is 25.5. The molecule has 0 atom stereocenters. The normalized spacial score (nSPS) is 11.7. The van der Waals surface area contributed by atoms with E-state index >= 15 is 0 Å². The lowest BCUT2D eigenvalue weighted by atomic mass is 10.3. The van der Waals surface area contributed by atoms with Gasteiger partial charge < -0.3 is 10.3 Å². The standard InChI is InChI=1S/C12H15N3O3S2/c1-15(20(17,18)12-3-2-6-19-12)9-11(16)14-8-10-4-5-13-7-10/h2-7,13H,8-9H2,1H3,(H,14,16). The van der Waals surface area contributed by atoms with Crippen LogP contribution in [0.4, 0.5) is 0 Å². The third-order valence-corrected chi connectivity index (χ3v) is 5.85. The molecular formula is C12H15N3O3S2. The molecule has 2 N–H and O–H groups in total. The number of likely N-dealkylation sites (N-methyl/N-ethyl adjacent to an activating group) is 1. The minimum Gasteiger partial charge on any atom is -0.367 e. The maximum Gasteiger partial charge on any atom is 0.252 e. The van der Waals surface area contributed by atoms with E-state index in [4.69, 9.17) is 0 Å². The van der Waals surface area contributed by atoms with Crippen molar-refractivity contribution in [3.05, 3.63) is 41.5 Å². The molecule has 0 saturated heterocycles. The van der Waals surface area contributed by atoms with E-state index in [0.717, 1.165) is 21.2 Å². The van der Waals surface area contributed by atoms with Gasteiger partial charge >= 0.3 is 0 Å². The molecule has 0 unspecified atom stereocenters. The molecule has 0 bridgehead atoms. The van der Waals surface area contributed by atoms with Crippen LogP contribution in [0.1, 0.15) is 5.56 Å². The molecule has 20 heavy (non-hydrogen) atoms. The van der Waals surface area contributed by atoms with Gasteiger partial charge in [-0.3, -0.25) is 4.79 Å². The molecule has 2 rings (SSSR count). The van der Waals surface area contributed by atoms with Gasteiger partial charge in [0, 0.05) is 26.0 Å². The summed E-state index contributed by atoms with van der Waals surface area (Å²) in [6.45, 7) is 0.167. The number of sulfonamides is 1. The van der Waals surface area contributed by atoms with Gasteiger partial charge in [0.1, 0.15) is 4.21 Å². The van der Waals surface area contributed by atoms with Crippen molar-refractivity contribution in [1.82, 2.24) is 14.6 Å². The van der Waals surface area contributed by atoms with Crippen molar-refractivity contribution < 1.29 is 13.2 Å². The first-order chi connectivity index (χ1) is 9.50. The zero-order chi connectivity index (χ0) is 14.6. The summed E-state index contributed by atoms with van der Waals surface area (Å²) in [6, 6.07) is 5.03. The minimum absolute atomic E-state index is 0.204. The van der Waals surface area contributed by atoms with Gasteiger partial charge in [0.05, 0.1) is 6.54 Å². The van der Waals surface area contributed by atoms with E-state index in [1.807, 2.05) is 6.07 Å². The van der Waals surface area contributed by atoms with E-state index in [-0.39, 0.29) is 16.7 Å². The zero-order valence-electron chi connectivity index (χ0n) is 10.9. The Hall–Kier alpha value is -1.64. The van der Waals surface area contributed by atoms with E-state index in [9.17, 15) is 13.2 Å². The quantitative estimate of drug-likeness (QED) is 0.835. The molecule has 0 saturated carbocycles. The van der Waals surface area contributed by atoms with Crippen LogP contribution in [0, 0.1) is 0 Å². The van der Waals surface area contributed by atoms with Crippen LogP contribution in [0.5, 0.6) is 0 Å². The van der Waals surface area contributed by atoms with Gasteiger partial charge in [-0.25, -0.2) is 8.42 Å². The molecule has 8 heteroatoms. The molecular weight excluding hydrogens is 298 g/mol. The lowest BCUT2D eigenvalue weighted by molar-refractivity contribution is -0.121. The Kier molecular flexibility index (Phi) is 4.58. The maximum absolute atomic E-state index is 12.1. The highest BCUT2D eigenvalue weighted by molar-refractivity contribution is 7.91. The van der Waals surface area contributed by atoms with Crippen LogP contribution >= 0.6 is 11.3 Å². The highest BCUT2D eigenvalue weighted by Gasteiger charge is 2.23. The van der Waals surface area contributed by atoms with Gasteiger partial charge in [-0.05, 0) is 23.1 Å². The van der Waals surface area contributed by atoms with Crippen molar-refractivity contribution in [3.63, 3.8) is 0 Å². The second-order valence-corrected chi connectivity index (χ2v) is 7.41. The fourth-order valence-corrected chi connectivity index (χ4v) is 3.90. The van der Waals surface area contributed by atoms with Gasteiger partial charge in [0.25, 0.3) is 10.0 Å². The smallest absolute Gasteiger partial charge is 0.252 e. The highest BCUT2D eigenvalue weighted by atomic mass is 32.2. The lowest BCUT2D eigenvalue weighted by Crippen LogP contribution is -2.37. The number of amides is 1. The molecule has 2 aromatic heterocycles. The van der Waals surface area contributed by atoms with Crippen molar-refractivity contribution in [2.45, 2.75) is 10.8 Å². The van der Waals surface area contributed by atoms with Crippen LogP contribution in [0.3, 0.4) is 0 Å². The molecule has 2 aromatic rings. The highest BCUT2D eigenvalue weighted by Crippen LogP contribution is 2.19. The fourth-order valence-electron chi connectivity index (χ4n) is 1.58. The van der Waals surface area contributed by atoms with Crippen LogP contribution in [0.2, 0.25) is 0 Å². The summed E-state index contributed by atoms with van der Waals surface area (Å²) >= 11 is 1.13. The average molecular weight is 313 g/mol. The number of aromatic amines is 1. The van der Waals surface area contributed by atoms with Crippen molar-refractivity contribution in [3.8, 4) is 0 Å². The second kappa shape index (κ2) is 6.21. The van der Waals surface area contributed by atoms with Gasteiger partial charge in [0.15, 0.2) is 0 Å². The SMILES string of the molecule is CN(CC(=O)NCc1cc[nH]c1)S(=O)(=O)c1cccs1. The summed E-state index contributed by atoms with van der Waals surface area (Å²) in [5.74, 6) is -0.339. The third-order valence-electron chi connectivity index (χ3n) is 2.68. The molecule has 6 nitrogen and oxygen atoms in total. The number of nitrogens with one attached hydrogen (secondary N) is 2. The predicted octanol–water partition coefficient (Wildman–Crippen LogP) is 1.01. The molecule has 0 aliphatic rings. The summed E-state index contributed by atoms with van der Waals surface area (Å²) in [5.41, 5.74) is 0.933. The fraction of sp³-hybridized carbons (Fsp3) is 0.250.